The summed E-state index contributed by atoms with van der Waals surface area (Å²) in [5.74, 6) is 1.54. The van der Waals surface area contributed by atoms with Gasteiger partial charge in [0.2, 0.25) is 0 Å². The van der Waals surface area contributed by atoms with Gasteiger partial charge in [-0.3, -0.25) is 4.98 Å². The van der Waals surface area contributed by atoms with Crippen LogP contribution in [0.4, 0.5) is 5.82 Å². The van der Waals surface area contributed by atoms with Gasteiger partial charge in [-0.2, -0.15) is 0 Å². The summed E-state index contributed by atoms with van der Waals surface area (Å²) in [5, 5.41) is 0. The van der Waals surface area contributed by atoms with Crippen molar-refractivity contribution >= 4 is 16.9 Å². The van der Waals surface area contributed by atoms with E-state index in [4.69, 9.17) is 10.5 Å². The number of imidazole rings is 1. The number of aryl methyl sites for hydroxylation is 4. The van der Waals surface area contributed by atoms with Gasteiger partial charge < -0.3 is 15.0 Å². The summed E-state index contributed by atoms with van der Waals surface area (Å²) in [4.78, 5) is 13.4. The lowest BCUT2D eigenvalue weighted by atomic mass is 9.95. The average Bonchev–Trinajstić information content (AvgIpc) is 3.03. The fraction of sp³-hybridized carbons (Fsp3) is 0.476. The predicted molar refractivity (Wildman–Crippen MR) is 107 cm³/mol. The van der Waals surface area contributed by atoms with Crippen molar-refractivity contribution in [1.82, 2.24) is 19.5 Å². The van der Waals surface area contributed by atoms with Gasteiger partial charge in [-0.15, -0.1) is 0 Å². The molecule has 27 heavy (non-hydrogen) atoms. The van der Waals surface area contributed by atoms with E-state index in [0.29, 0.717) is 12.4 Å². The Labute approximate surface area is 159 Å². The van der Waals surface area contributed by atoms with Gasteiger partial charge in [0.25, 0.3) is 0 Å². The highest BCUT2D eigenvalue weighted by Crippen LogP contribution is 2.31. The molecule has 3 aromatic heterocycles. The van der Waals surface area contributed by atoms with E-state index in [1.807, 2.05) is 19.2 Å². The number of ether oxygens (including phenoxy) is 1. The van der Waals surface area contributed by atoms with Gasteiger partial charge in [-0.1, -0.05) is 6.07 Å². The minimum atomic E-state index is 0.560. The Hall–Kier alpha value is -2.47. The van der Waals surface area contributed by atoms with Crippen LogP contribution in [0.5, 0.6) is 0 Å². The van der Waals surface area contributed by atoms with Gasteiger partial charge in [0.1, 0.15) is 11.3 Å². The molecule has 6 heteroatoms. The predicted octanol–water partition coefficient (Wildman–Crippen LogP) is 3.25. The second kappa shape index (κ2) is 8.05. The Kier molecular flexibility index (Phi) is 5.34. The number of anilines is 1. The second-order valence-electron chi connectivity index (χ2n) is 7.21. The van der Waals surface area contributed by atoms with Gasteiger partial charge in [0, 0.05) is 31.2 Å². The Morgan fingerprint density at radius 1 is 1.19 bits per heavy atom. The zero-order valence-corrected chi connectivity index (χ0v) is 15.9. The number of fused-ring (bicyclic) bond motifs is 3. The quantitative estimate of drug-likeness (QED) is 0.650. The van der Waals surface area contributed by atoms with Crippen LogP contribution in [0.25, 0.3) is 11.0 Å². The topological polar surface area (TPSA) is 78.8 Å². The number of nitrogen functional groups attached to an aromatic ring is 1. The van der Waals surface area contributed by atoms with Crippen molar-refractivity contribution in [3.63, 3.8) is 0 Å². The van der Waals surface area contributed by atoms with E-state index in [0.717, 1.165) is 55.9 Å². The lowest BCUT2D eigenvalue weighted by Gasteiger charge is -2.18. The summed E-state index contributed by atoms with van der Waals surface area (Å²) >= 11 is 0. The molecule has 4 rings (SSSR count). The number of hydrogen-bond donors (Lipinski definition) is 1. The summed E-state index contributed by atoms with van der Waals surface area (Å²) in [7, 11) is 0. The number of rotatable bonds is 7. The van der Waals surface area contributed by atoms with E-state index in [-0.39, 0.29) is 0 Å². The molecule has 0 fully saturated rings. The maximum atomic E-state index is 6.19. The van der Waals surface area contributed by atoms with Crippen molar-refractivity contribution in [2.45, 2.75) is 52.0 Å². The van der Waals surface area contributed by atoms with Crippen LogP contribution in [-0.4, -0.2) is 32.7 Å². The zero-order valence-electron chi connectivity index (χ0n) is 15.9. The first-order valence-electron chi connectivity index (χ1n) is 9.84. The maximum absolute atomic E-state index is 6.19. The van der Waals surface area contributed by atoms with Crippen LogP contribution in [0.3, 0.4) is 0 Å². The SMILES string of the molecule is Cc1nc2c(N)nc3c(c2n1CCOCCCc1cccnc1)CCCC3. The lowest BCUT2D eigenvalue weighted by Crippen LogP contribution is -2.13. The molecule has 3 heterocycles. The third kappa shape index (κ3) is 3.81. The standard InChI is InChI=1S/C21H27N5O/c1-15-24-19-20(17-8-2-3-9-18(17)25-21(19)22)26(15)11-13-27-12-5-7-16-6-4-10-23-14-16/h4,6,10,14H,2-3,5,7-9,11-13H2,1H3,(H2,22,25). The molecule has 142 valence electrons. The van der Waals surface area contributed by atoms with Crippen molar-refractivity contribution in [2.24, 2.45) is 0 Å². The van der Waals surface area contributed by atoms with E-state index in [1.54, 1.807) is 6.20 Å². The molecule has 1 aliphatic rings. The molecule has 0 radical (unpaired) electrons. The summed E-state index contributed by atoms with van der Waals surface area (Å²) in [5.41, 5.74) is 12.0. The molecule has 0 aliphatic heterocycles. The molecule has 2 N–H and O–H groups in total. The highest BCUT2D eigenvalue weighted by molar-refractivity contribution is 5.89. The van der Waals surface area contributed by atoms with E-state index >= 15 is 0 Å². The van der Waals surface area contributed by atoms with Crippen molar-refractivity contribution < 1.29 is 4.74 Å². The van der Waals surface area contributed by atoms with Gasteiger partial charge in [0.15, 0.2) is 5.82 Å². The number of pyridine rings is 2. The first-order valence-corrected chi connectivity index (χ1v) is 9.84. The van der Waals surface area contributed by atoms with Gasteiger partial charge in [0.05, 0.1) is 12.1 Å². The minimum absolute atomic E-state index is 0.560. The van der Waals surface area contributed by atoms with E-state index < -0.39 is 0 Å². The van der Waals surface area contributed by atoms with Crippen molar-refractivity contribution in [1.29, 1.82) is 0 Å². The Morgan fingerprint density at radius 2 is 2.07 bits per heavy atom. The second-order valence-corrected chi connectivity index (χ2v) is 7.21. The Balaban J connectivity index is 1.40. The molecule has 0 bridgehead atoms. The van der Waals surface area contributed by atoms with Crippen LogP contribution in [0.15, 0.2) is 24.5 Å². The largest absolute Gasteiger partial charge is 0.382 e. The van der Waals surface area contributed by atoms with Crippen molar-refractivity contribution in [2.75, 3.05) is 18.9 Å². The molecular weight excluding hydrogens is 338 g/mol. The van der Waals surface area contributed by atoms with Crippen LogP contribution in [-0.2, 0) is 30.5 Å². The number of nitrogens with two attached hydrogens (primary N) is 1. The third-order valence-electron chi connectivity index (χ3n) is 5.32. The van der Waals surface area contributed by atoms with Crippen LogP contribution >= 0.6 is 0 Å². The molecule has 0 spiro atoms. The fourth-order valence-corrected chi connectivity index (χ4v) is 3.97. The molecule has 0 atom stereocenters. The number of hydrogen-bond acceptors (Lipinski definition) is 5. The molecule has 6 nitrogen and oxygen atoms in total. The molecule has 0 aromatic carbocycles. The third-order valence-corrected chi connectivity index (χ3v) is 5.32. The zero-order chi connectivity index (χ0) is 18.6. The average molecular weight is 365 g/mol. The van der Waals surface area contributed by atoms with Crippen LogP contribution in [0.2, 0.25) is 0 Å². The minimum Gasteiger partial charge on any atom is -0.382 e. The van der Waals surface area contributed by atoms with Crippen LogP contribution in [0, 0.1) is 6.92 Å². The summed E-state index contributed by atoms with van der Waals surface area (Å²) < 4.78 is 8.15. The molecule has 0 saturated heterocycles. The molecule has 0 saturated carbocycles. The van der Waals surface area contributed by atoms with E-state index in [9.17, 15) is 0 Å². The maximum Gasteiger partial charge on any atom is 0.151 e. The molecule has 0 amide bonds. The van der Waals surface area contributed by atoms with Crippen LogP contribution in [0.1, 0.15) is 41.9 Å². The van der Waals surface area contributed by atoms with E-state index in [1.165, 1.54) is 29.5 Å². The fourth-order valence-electron chi connectivity index (χ4n) is 3.97. The lowest BCUT2D eigenvalue weighted by molar-refractivity contribution is 0.124. The molecule has 1 aliphatic carbocycles. The Morgan fingerprint density at radius 3 is 2.93 bits per heavy atom. The van der Waals surface area contributed by atoms with Crippen molar-refractivity contribution in [3.8, 4) is 0 Å². The first-order chi connectivity index (χ1) is 13.2. The van der Waals surface area contributed by atoms with Gasteiger partial charge in [-0.25, -0.2) is 9.97 Å². The molecular formula is C21H27N5O. The number of nitrogens with zero attached hydrogens (tertiary/aromatic N) is 4. The van der Waals surface area contributed by atoms with Crippen LogP contribution < -0.4 is 5.73 Å². The summed E-state index contributed by atoms with van der Waals surface area (Å²) in [6, 6.07) is 4.08. The summed E-state index contributed by atoms with van der Waals surface area (Å²) in [6.45, 7) is 4.26. The monoisotopic (exact) mass is 365 g/mol. The molecule has 3 aromatic rings. The van der Waals surface area contributed by atoms with Crippen molar-refractivity contribution in [3.05, 3.63) is 47.2 Å². The van der Waals surface area contributed by atoms with E-state index in [2.05, 4.69) is 25.6 Å². The number of aromatic nitrogens is 4. The van der Waals surface area contributed by atoms with Gasteiger partial charge in [-0.05, 0) is 62.6 Å². The Bertz CT molecular complexity index is 919. The smallest absolute Gasteiger partial charge is 0.151 e. The highest BCUT2D eigenvalue weighted by Gasteiger charge is 2.21. The molecule has 0 unspecified atom stereocenters. The highest BCUT2D eigenvalue weighted by atomic mass is 16.5. The normalized spacial score (nSPS) is 13.8. The summed E-state index contributed by atoms with van der Waals surface area (Å²) in [6.07, 6.45) is 10.2. The van der Waals surface area contributed by atoms with Gasteiger partial charge >= 0.3 is 0 Å². The first kappa shape index (κ1) is 17.9.